The molecule has 32 heavy (non-hydrogen) atoms. The molecule has 5 rings (SSSR count). The fourth-order valence-electron chi connectivity index (χ4n) is 5.28. The molecule has 3 unspecified atom stereocenters. The van der Waals surface area contributed by atoms with Gasteiger partial charge in [0.2, 0.25) is 0 Å². The van der Waals surface area contributed by atoms with Crippen LogP contribution in [-0.2, 0) is 0 Å². The zero-order chi connectivity index (χ0) is 23.0. The number of hydrogen-bond acceptors (Lipinski definition) is 2. The zero-order valence-electron chi connectivity index (χ0n) is 20.6. The summed E-state index contributed by atoms with van der Waals surface area (Å²) in [6.45, 7) is 11.0. The monoisotopic (exact) mass is 434 g/mol. The van der Waals surface area contributed by atoms with Crippen molar-refractivity contribution in [2.45, 2.75) is 96.8 Å². The van der Waals surface area contributed by atoms with Crippen LogP contribution in [0.1, 0.15) is 119 Å². The first kappa shape index (κ1) is 23.2. The lowest BCUT2D eigenvalue weighted by Gasteiger charge is -2.18. The predicted molar refractivity (Wildman–Crippen MR) is 134 cm³/mol. The first-order valence-corrected chi connectivity index (χ1v) is 12.9. The summed E-state index contributed by atoms with van der Waals surface area (Å²) in [4.78, 5) is 0. The minimum Gasteiger partial charge on any atom is -0.507 e. The van der Waals surface area contributed by atoms with Crippen LogP contribution in [-0.4, -0.2) is 10.2 Å². The average molecular weight is 435 g/mol. The molecule has 0 aromatic heterocycles. The molecule has 2 N–H and O–H groups in total. The summed E-state index contributed by atoms with van der Waals surface area (Å²) in [6.07, 6.45) is 8.00. The number of rotatable bonds is 7. The van der Waals surface area contributed by atoms with Gasteiger partial charge in [-0.2, -0.15) is 0 Å². The van der Waals surface area contributed by atoms with E-state index in [-0.39, 0.29) is 0 Å². The van der Waals surface area contributed by atoms with E-state index in [1.54, 1.807) is 0 Å². The fraction of sp³-hybridized carbons (Fsp3) is 0.600. The summed E-state index contributed by atoms with van der Waals surface area (Å²) in [5.74, 6) is 5.53. The second-order valence-electron chi connectivity index (χ2n) is 11.1. The molecular weight excluding hydrogens is 392 g/mol. The van der Waals surface area contributed by atoms with Crippen molar-refractivity contribution >= 4 is 0 Å². The molecule has 0 bridgehead atoms. The molecule has 0 amide bonds. The SMILES string of the molecule is CC(C)c1cccc(C(C)C2CC2)c1O.CC(c1cccc(C(C)C2CC2)c1O)C1CC1. The van der Waals surface area contributed by atoms with Crippen molar-refractivity contribution in [1.82, 2.24) is 0 Å². The molecule has 0 aliphatic heterocycles. The second-order valence-corrected chi connectivity index (χ2v) is 11.1. The smallest absolute Gasteiger partial charge is 0.122 e. The number of para-hydroxylation sites is 2. The number of aromatic hydroxyl groups is 2. The topological polar surface area (TPSA) is 40.5 Å². The fourth-order valence-corrected chi connectivity index (χ4v) is 5.28. The molecule has 0 heterocycles. The van der Waals surface area contributed by atoms with Crippen molar-refractivity contribution in [1.29, 1.82) is 0 Å². The Kier molecular flexibility index (Phi) is 6.89. The summed E-state index contributed by atoms with van der Waals surface area (Å²) in [6, 6.07) is 12.5. The Morgan fingerprint density at radius 2 is 0.812 bits per heavy atom. The summed E-state index contributed by atoms with van der Waals surface area (Å²) in [5.41, 5.74) is 4.58. The molecule has 3 atom stereocenters. The highest BCUT2D eigenvalue weighted by Crippen LogP contribution is 2.49. The molecule has 2 aromatic carbocycles. The molecule has 2 aromatic rings. The minimum atomic E-state index is 0.399. The maximum atomic E-state index is 10.5. The Hall–Kier alpha value is -1.96. The Balaban J connectivity index is 0.000000155. The standard InChI is InChI=1S/C16H22O.C14H20O/c1-10(12-6-7-12)14-4-3-5-15(16(14)17)11(2)13-8-9-13;1-9(2)12-5-4-6-13(14(12)15)10(3)11-7-8-11/h3-5,10-13,17H,6-9H2,1-2H3;4-6,9-11,15H,7-8H2,1-3H3. The van der Waals surface area contributed by atoms with Crippen molar-refractivity contribution in [3.63, 3.8) is 0 Å². The van der Waals surface area contributed by atoms with Gasteiger partial charge in [-0.3, -0.25) is 0 Å². The molecule has 2 heteroatoms. The summed E-state index contributed by atoms with van der Waals surface area (Å²) >= 11 is 0. The summed E-state index contributed by atoms with van der Waals surface area (Å²) in [5, 5.41) is 20.7. The molecule has 3 aliphatic rings. The van der Waals surface area contributed by atoms with Crippen molar-refractivity contribution in [3.8, 4) is 11.5 Å². The van der Waals surface area contributed by atoms with Gasteiger partial charge in [0, 0.05) is 0 Å². The molecule has 2 nitrogen and oxygen atoms in total. The van der Waals surface area contributed by atoms with E-state index in [0.29, 0.717) is 35.2 Å². The van der Waals surface area contributed by atoms with Crippen molar-refractivity contribution in [2.75, 3.05) is 0 Å². The number of phenolic OH excluding ortho intramolecular Hbond substituents is 2. The van der Waals surface area contributed by atoms with E-state index in [0.717, 1.165) is 28.9 Å². The molecule has 0 saturated heterocycles. The van der Waals surface area contributed by atoms with Gasteiger partial charge in [0.1, 0.15) is 11.5 Å². The van der Waals surface area contributed by atoms with Gasteiger partial charge in [-0.05, 0) is 102 Å². The van der Waals surface area contributed by atoms with Gasteiger partial charge in [-0.25, -0.2) is 0 Å². The van der Waals surface area contributed by atoms with Crippen LogP contribution in [0.2, 0.25) is 0 Å². The Morgan fingerprint density at radius 1 is 0.531 bits per heavy atom. The van der Waals surface area contributed by atoms with E-state index < -0.39 is 0 Å². The molecule has 3 saturated carbocycles. The lowest BCUT2D eigenvalue weighted by Crippen LogP contribution is -2.02. The largest absolute Gasteiger partial charge is 0.507 e. The third-order valence-corrected chi connectivity index (χ3v) is 8.28. The van der Waals surface area contributed by atoms with Crippen LogP contribution in [0.4, 0.5) is 0 Å². The van der Waals surface area contributed by atoms with Crippen LogP contribution in [0, 0.1) is 17.8 Å². The summed E-state index contributed by atoms with van der Waals surface area (Å²) in [7, 11) is 0. The van der Waals surface area contributed by atoms with E-state index in [9.17, 15) is 10.2 Å². The normalized spacial score (nSPS) is 20.9. The van der Waals surface area contributed by atoms with Crippen LogP contribution < -0.4 is 0 Å². The van der Waals surface area contributed by atoms with Crippen LogP contribution in [0.5, 0.6) is 11.5 Å². The van der Waals surface area contributed by atoms with Gasteiger partial charge >= 0.3 is 0 Å². The van der Waals surface area contributed by atoms with E-state index in [4.69, 9.17) is 0 Å². The van der Waals surface area contributed by atoms with Crippen molar-refractivity contribution < 1.29 is 10.2 Å². The Labute approximate surface area is 195 Å². The highest BCUT2D eigenvalue weighted by molar-refractivity contribution is 5.45. The minimum absolute atomic E-state index is 0.399. The molecule has 3 fully saturated rings. The van der Waals surface area contributed by atoms with Gasteiger partial charge < -0.3 is 10.2 Å². The highest BCUT2D eigenvalue weighted by atomic mass is 16.3. The zero-order valence-corrected chi connectivity index (χ0v) is 20.6. The van der Waals surface area contributed by atoms with Gasteiger partial charge in [-0.1, -0.05) is 71.0 Å². The maximum absolute atomic E-state index is 10.5. The molecule has 0 spiro atoms. The second kappa shape index (κ2) is 9.49. The molecule has 0 radical (unpaired) electrons. The molecular formula is C30H42O2. The van der Waals surface area contributed by atoms with Crippen LogP contribution in [0.25, 0.3) is 0 Å². The van der Waals surface area contributed by atoms with Gasteiger partial charge in [0.25, 0.3) is 0 Å². The van der Waals surface area contributed by atoms with E-state index >= 15 is 0 Å². The third-order valence-electron chi connectivity index (χ3n) is 8.28. The van der Waals surface area contributed by atoms with Gasteiger partial charge in [0.15, 0.2) is 0 Å². The van der Waals surface area contributed by atoms with E-state index in [1.165, 1.54) is 49.7 Å². The number of hydrogen-bond donors (Lipinski definition) is 2. The first-order chi connectivity index (χ1) is 15.3. The number of phenols is 2. The van der Waals surface area contributed by atoms with Crippen molar-refractivity contribution in [3.05, 3.63) is 58.7 Å². The number of benzene rings is 2. The van der Waals surface area contributed by atoms with Gasteiger partial charge in [-0.15, -0.1) is 0 Å². The van der Waals surface area contributed by atoms with Crippen LogP contribution in [0.15, 0.2) is 36.4 Å². The van der Waals surface area contributed by atoms with E-state index in [1.807, 2.05) is 6.07 Å². The lowest BCUT2D eigenvalue weighted by atomic mass is 9.88. The maximum Gasteiger partial charge on any atom is 0.122 e. The highest BCUT2D eigenvalue weighted by Gasteiger charge is 2.34. The van der Waals surface area contributed by atoms with Crippen LogP contribution in [0.3, 0.4) is 0 Å². The molecule has 174 valence electrons. The Bertz CT molecular complexity index is 882. The predicted octanol–water partition coefficient (Wildman–Crippen LogP) is 8.45. The van der Waals surface area contributed by atoms with Crippen LogP contribution >= 0.6 is 0 Å². The average Bonchev–Trinajstić information content (AvgIpc) is 3.65. The summed E-state index contributed by atoms with van der Waals surface area (Å²) < 4.78 is 0. The molecule has 3 aliphatic carbocycles. The van der Waals surface area contributed by atoms with Gasteiger partial charge in [0.05, 0.1) is 0 Å². The third kappa shape index (κ3) is 5.16. The Morgan fingerprint density at radius 3 is 1.09 bits per heavy atom. The van der Waals surface area contributed by atoms with E-state index in [2.05, 4.69) is 65.0 Å². The first-order valence-electron chi connectivity index (χ1n) is 12.9. The van der Waals surface area contributed by atoms with Crippen molar-refractivity contribution in [2.24, 2.45) is 17.8 Å². The quantitative estimate of drug-likeness (QED) is 0.459. The lowest BCUT2D eigenvalue weighted by molar-refractivity contribution is 0.443.